The maximum atomic E-state index is 12.4. The normalized spacial score (nSPS) is 25.1. The Balaban J connectivity index is 1.25. The van der Waals surface area contributed by atoms with E-state index in [9.17, 15) is 18.0 Å². The van der Waals surface area contributed by atoms with Crippen LogP contribution in [-0.4, -0.2) is 66.7 Å². The van der Waals surface area contributed by atoms with Crippen LogP contribution in [0.2, 0.25) is 0 Å². The van der Waals surface area contributed by atoms with Crippen molar-refractivity contribution in [3.05, 3.63) is 35.4 Å². The van der Waals surface area contributed by atoms with E-state index < -0.39 is 18.6 Å². The molecule has 7 heteroatoms. The Kier molecular flexibility index (Phi) is 6.16. The molecule has 2 fully saturated rings. The third kappa shape index (κ3) is 5.12. The van der Waals surface area contributed by atoms with E-state index in [4.69, 9.17) is 0 Å². The van der Waals surface area contributed by atoms with Crippen LogP contribution in [0.1, 0.15) is 36.8 Å². The van der Waals surface area contributed by atoms with Crippen molar-refractivity contribution in [2.24, 2.45) is 5.92 Å². The van der Waals surface area contributed by atoms with E-state index in [0.29, 0.717) is 25.0 Å². The molecule has 0 radical (unpaired) electrons. The molecule has 1 aromatic carbocycles. The number of hydrogen-bond donors (Lipinski definition) is 1. The standard InChI is InChI=1S/C22H30F3N3O/c23-22(24,25)15-26-21(29)18-6-3-9-28(14-18)19-7-10-27(11-8-19)20-12-16-4-1-2-5-17(16)13-20/h1-2,4-5,18-20H,3,6-15H2,(H,26,29). The maximum Gasteiger partial charge on any atom is 0.405 e. The Labute approximate surface area is 170 Å². The van der Waals surface area contributed by atoms with Crippen LogP contribution in [0.5, 0.6) is 0 Å². The van der Waals surface area contributed by atoms with Gasteiger partial charge in [0, 0.05) is 18.6 Å². The Morgan fingerprint density at radius 3 is 2.24 bits per heavy atom. The summed E-state index contributed by atoms with van der Waals surface area (Å²) in [5.74, 6) is -0.776. The second-order valence-electron chi connectivity index (χ2n) is 8.76. The van der Waals surface area contributed by atoms with Crippen molar-refractivity contribution < 1.29 is 18.0 Å². The largest absolute Gasteiger partial charge is 0.405 e. The molecule has 1 aliphatic carbocycles. The topological polar surface area (TPSA) is 35.6 Å². The molecule has 2 saturated heterocycles. The van der Waals surface area contributed by atoms with Crippen LogP contribution in [-0.2, 0) is 17.6 Å². The third-order valence-electron chi connectivity index (χ3n) is 6.85. The van der Waals surface area contributed by atoms with Gasteiger partial charge in [0.15, 0.2) is 0 Å². The predicted octanol–water partition coefficient (Wildman–Crippen LogP) is 3.01. The Bertz CT molecular complexity index is 690. The lowest BCUT2D eigenvalue weighted by Crippen LogP contribution is -2.52. The van der Waals surface area contributed by atoms with Gasteiger partial charge in [0.25, 0.3) is 0 Å². The lowest BCUT2D eigenvalue weighted by molar-refractivity contribution is -0.142. The first-order chi connectivity index (χ1) is 13.9. The molecule has 0 saturated carbocycles. The van der Waals surface area contributed by atoms with Crippen molar-refractivity contribution in [2.45, 2.75) is 56.8 Å². The van der Waals surface area contributed by atoms with Gasteiger partial charge in [-0.1, -0.05) is 24.3 Å². The summed E-state index contributed by atoms with van der Waals surface area (Å²) in [5, 5.41) is 2.07. The van der Waals surface area contributed by atoms with E-state index in [1.165, 1.54) is 11.1 Å². The van der Waals surface area contributed by atoms with Crippen molar-refractivity contribution in [3.63, 3.8) is 0 Å². The van der Waals surface area contributed by atoms with Gasteiger partial charge in [0.2, 0.25) is 5.91 Å². The van der Waals surface area contributed by atoms with Crippen LogP contribution in [0.4, 0.5) is 13.2 Å². The fourth-order valence-electron chi connectivity index (χ4n) is 5.29. The molecule has 1 aromatic rings. The minimum absolute atomic E-state index is 0.325. The number of rotatable bonds is 4. The number of hydrogen-bond acceptors (Lipinski definition) is 3. The second-order valence-corrected chi connectivity index (χ2v) is 8.76. The molecule has 2 heterocycles. The van der Waals surface area contributed by atoms with Crippen LogP contribution in [0.25, 0.3) is 0 Å². The summed E-state index contributed by atoms with van der Waals surface area (Å²) in [5.41, 5.74) is 2.95. The fraction of sp³-hybridized carbons (Fsp3) is 0.682. The van der Waals surface area contributed by atoms with Gasteiger partial charge in [-0.15, -0.1) is 0 Å². The number of benzene rings is 1. The van der Waals surface area contributed by atoms with Crippen LogP contribution >= 0.6 is 0 Å². The molecule has 1 atom stereocenters. The van der Waals surface area contributed by atoms with Gasteiger partial charge >= 0.3 is 6.18 Å². The number of carbonyl (C=O) groups is 1. The Morgan fingerprint density at radius 1 is 0.966 bits per heavy atom. The number of fused-ring (bicyclic) bond motifs is 1. The van der Waals surface area contributed by atoms with E-state index in [2.05, 4.69) is 39.4 Å². The average Bonchev–Trinajstić information content (AvgIpc) is 3.16. The highest BCUT2D eigenvalue weighted by Crippen LogP contribution is 2.29. The zero-order valence-corrected chi connectivity index (χ0v) is 16.8. The van der Waals surface area contributed by atoms with Crippen molar-refractivity contribution >= 4 is 5.91 Å². The van der Waals surface area contributed by atoms with Crippen molar-refractivity contribution in [2.75, 3.05) is 32.7 Å². The van der Waals surface area contributed by atoms with Crippen LogP contribution < -0.4 is 5.32 Å². The SMILES string of the molecule is O=C(NCC(F)(F)F)C1CCCN(C2CCN(C3Cc4ccccc4C3)CC2)C1. The highest BCUT2D eigenvalue weighted by molar-refractivity contribution is 5.79. The second kappa shape index (κ2) is 8.64. The summed E-state index contributed by atoms with van der Waals surface area (Å²) in [6, 6.07) is 9.74. The molecular weight excluding hydrogens is 379 g/mol. The van der Waals surface area contributed by atoms with Gasteiger partial charge in [-0.25, -0.2) is 0 Å². The van der Waals surface area contributed by atoms with Gasteiger partial charge in [0.1, 0.15) is 6.54 Å². The summed E-state index contributed by atoms with van der Waals surface area (Å²) < 4.78 is 37.1. The Hall–Kier alpha value is -1.60. The van der Waals surface area contributed by atoms with E-state index in [1.807, 2.05) is 0 Å². The fourth-order valence-corrected chi connectivity index (χ4v) is 5.29. The number of nitrogens with one attached hydrogen (secondary N) is 1. The maximum absolute atomic E-state index is 12.4. The number of carbonyl (C=O) groups excluding carboxylic acids is 1. The number of alkyl halides is 3. The monoisotopic (exact) mass is 409 g/mol. The molecule has 0 spiro atoms. The van der Waals surface area contributed by atoms with Crippen LogP contribution in [0.15, 0.2) is 24.3 Å². The first-order valence-corrected chi connectivity index (χ1v) is 10.8. The Morgan fingerprint density at radius 2 is 1.62 bits per heavy atom. The summed E-state index contributed by atoms with van der Waals surface area (Å²) in [6.07, 6.45) is 1.61. The zero-order chi connectivity index (χ0) is 20.4. The summed E-state index contributed by atoms with van der Waals surface area (Å²) >= 11 is 0. The van der Waals surface area contributed by atoms with Gasteiger partial charge in [-0.2, -0.15) is 13.2 Å². The van der Waals surface area contributed by atoms with Gasteiger partial charge < -0.3 is 5.32 Å². The molecular formula is C22H30F3N3O. The van der Waals surface area contributed by atoms with Crippen molar-refractivity contribution in [1.82, 2.24) is 15.1 Å². The summed E-state index contributed by atoms with van der Waals surface area (Å²) in [7, 11) is 0. The number of likely N-dealkylation sites (tertiary alicyclic amines) is 2. The number of halogens is 3. The molecule has 4 nitrogen and oxygen atoms in total. The molecule has 1 amide bonds. The third-order valence-corrected chi connectivity index (χ3v) is 6.85. The molecule has 4 rings (SSSR count). The molecule has 2 aliphatic heterocycles. The van der Waals surface area contributed by atoms with E-state index in [-0.39, 0.29) is 5.92 Å². The van der Waals surface area contributed by atoms with E-state index in [0.717, 1.165) is 51.7 Å². The zero-order valence-electron chi connectivity index (χ0n) is 16.8. The predicted molar refractivity (Wildman–Crippen MR) is 106 cm³/mol. The van der Waals surface area contributed by atoms with Gasteiger partial charge in [0.05, 0.1) is 5.92 Å². The van der Waals surface area contributed by atoms with Gasteiger partial charge in [-0.3, -0.25) is 14.6 Å². The quantitative estimate of drug-likeness (QED) is 0.831. The first kappa shape index (κ1) is 20.7. The van der Waals surface area contributed by atoms with Crippen molar-refractivity contribution in [1.29, 1.82) is 0 Å². The van der Waals surface area contributed by atoms with E-state index in [1.54, 1.807) is 0 Å². The minimum Gasteiger partial charge on any atom is -0.347 e. The lowest BCUT2D eigenvalue weighted by Gasteiger charge is -2.43. The average molecular weight is 409 g/mol. The molecule has 0 aromatic heterocycles. The molecule has 0 bridgehead atoms. The molecule has 160 valence electrons. The number of piperidine rings is 2. The first-order valence-electron chi connectivity index (χ1n) is 10.8. The highest BCUT2D eigenvalue weighted by atomic mass is 19.4. The van der Waals surface area contributed by atoms with E-state index >= 15 is 0 Å². The smallest absolute Gasteiger partial charge is 0.347 e. The van der Waals surface area contributed by atoms with Gasteiger partial charge in [-0.05, 0) is 69.3 Å². The summed E-state index contributed by atoms with van der Waals surface area (Å²) in [4.78, 5) is 17.1. The minimum atomic E-state index is -4.35. The molecule has 29 heavy (non-hydrogen) atoms. The molecule has 1 unspecified atom stereocenters. The van der Waals surface area contributed by atoms with Crippen molar-refractivity contribution in [3.8, 4) is 0 Å². The van der Waals surface area contributed by atoms with Crippen LogP contribution in [0, 0.1) is 5.92 Å². The number of amides is 1. The lowest BCUT2D eigenvalue weighted by atomic mass is 9.92. The summed E-state index contributed by atoms with van der Waals surface area (Å²) in [6.45, 7) is 2.42. The number of nitrogens with zero attached hydrogens (tertiary/aromatic N) is 2. The highest BCUT2D eigenvalue weighted by Gasteiger charge is 2.35. The molecule has 3 aliphatic rings. The molecule has 1 N–H and O–H groups in total. The van der Waals surface area contributed by atoms with Crippen LogP contribution in [0.3, 0.4) is 0 Å².